The fourth-order valence-electron chi connectivity index (χ4n) is 0.963. The number of hydrogen-bond acceptors (Lipinski definition) is 3. The molecule has 1 heterocycles. The van der Waals surface area contributed by atoms with Gasteiger partial charge >= 0.3 is 0 Å². The summed E-state index contributed by atoms with van der Waals surface area (Å²) in [5, 5.41) is 9.43. The van der Waals surface area contributed by atoms with E-state index in [1.54, 1.807) is 12.1 Å². The van der Waals surface area contributed by atoms with Crippen molar-refractivity contribution in [1.82, 2.24) is 0 Å². The third-order valence-electron chi connectivity index (χ3n) is 1.96. The standard InChI is InChI=1S/C10H14O3/c1-7(2)8(11)6-9(12)10-4-3-5-13-10/h3-5,7-8,11H,6H2,1-2H3. The maximum Gasteiger partial charge on any atom is 0.200 e. The van der Waals surface area contributed by atoms with E-state index < -0.39 is 6.10 Å². The third-order valence-corrected chi connectivity index (χ3v) is 1.96. The number of hydrogen-bond donors (Lipinski definition) is 1. The summed E-state index contributed by atoms with van der Waals surface area (Å²) < 4.78 is 4.92. The zero-order chi connectivity index (χ0) is 9.84. The molecule has 3 nitrogen and oxygen atoms in total. The van der Waals surface area contributed by atoms with Gasteiger partial charge in [-0.05, 0) is 18.1 Å². The Bertz CT molecular complexity index is 262. The van der Waals surface area contributed by atoms with Crippen molar-refractivity contribution >= 4 is 5.78 Å². The molecule has 0 fully saturated rings. The quantitative estimate of drug-likeness (QED) is 0.723. The van der Waals surface area contributed by atoms with E-state index in [1.807, 2.05) is 13.8 Å². The van der Waals surface area contributed by atoms with E-state index >= 15 is 0 Å². The summed E-state index contributed by atoms with van der Waals surface area (Å²) in [6, 6.07) is 3.27. The van der Waals surface area contributed by atoms with Gasteiger partial charge in [0.1, 0.15) is 0 Å². The smallest absolute Gasteiger partial charge is 0.200 e. The second-order valence-corrected chi connectivity index (χ2v) is 3.42. The van der Waals surface area contributed by atoms with Crippen molar-refractivity contribution < 1.29 is 14.3 Å². The summed E-state index contributed by atoms with van der Waals surface area (Å²) in [7, 11) is 0. The van der Waals surface area contributed by atoms with Crippen LogP contribution in [0.1, 0.15) is 30.8 Å². The lowest BCUT2D eigenvalue weighted by Gasteiger charge is -2.11. The predicted octanol–water partition coefficient (Wildman–Crippen LogP) is 1.87. The molecular formula is C10H14O3. The zero-order valence-corrected chi connectivity index (χ0v) is 7.86. The van der Waals surface area contributed by atoms with E-state index in [4.69, 9.17) is 4.42 Å². The highest BCUT2D eigenvalue weighted by Crippen LogP contribution is 2.11. The fraction of sp³-hybridized carbons (Fsp3) is 0.500. The van der Waals surface area contributed by atoms with Crippen LogP contribution >= 0.6 is 0 Å². The molecule has 13 heavy (non-hydrogen) atoms. The molecule has 0 radical (unpaired) electrons. The van der Waals surface area contributed by atoms with Gasteiger partial charge in [-0.15, -0.1) is 0 Å². The number of aliphatic hydroxyl groups is 1. The molecule has 0 aliphatic carbocycles. The summed E-state index contributed by atoms with van der Waals surface area (Å²) in [6.45, 7) is 3.75. The molecule has 3 heteroatoms. The first-order valence-corrected chi connectivity index (χ1v) is 4.36. The summed E-state index contributed by atoms with van der Waals surface area (Å²) in [5.74, 6) is 0.268. The number of carbonyl (C=O) groups is 1. The minimum Gasteiger partial charge on any atom is -0.461 e. The van der Waals surface area contributed by atoms with Gasteiger partial charge in [0.25, 0.3) is 0 Å². The van der Waals surface area contributed by atoms with Crippen molar-refractivity contribution in [3.05, 3.63) is 24.2 Å². The Morgan fingerprint density at radius 1 is 1.62 bits per heavy atom. The summed E-state index contributed by atoms with van der Waals surface area (Å²) in [4.78, 5) is 11.4. The molecule has 0 aliphatic rings. The average molecular weight is 182 g/mol. The van der Waals surface area contributed by atoms with Gasteiger partial charge in [-0.25, -0.2) is 0 Å². The lowest BCUT2D eigenvalue weighted by molar-refractivity contribution is 0.0766. The normalized spacial score (nSPS) is 13.2. The van der Waals surface area contributed by atoms with Crippen molar-refractivity contribution in [2.24, 2.45) is 5.92 Å². The van der Waals surface area contributed by atoms with E-state index in [2.05, 4.69) is 0 Å². The van der Waals surface area contributed by atoms with Gasteiger partial charge in [0.15, 0.2) is 5.76 Å². The molecular weight excluding hydrogens is 168 g/mol. The highest BCUT2D eigenvalue weighted by Gasteiger charge is 2.17. The van der Waals surface area contributed by atoms with Gasteiger partial charge in [-0.2, -0.15) is 0 Å². The molecule has 0 aromatic carbocycles. The molecule has 0 aliphatic heterocycles. The number of aliphatic hydroxyl groups excluding tert-OH is 1. The largest absolute Gasteiger partial charge is 0.461 e. The van der Waals surface area contributed by atoms with Gasteiger partial charge < -0.3 is 9.52 Å². The topological polar surface area (TPSA) is 50.4 Å². The molecule has 0 saturated carbocycles. The molecule has 0 bridgehead atoms. The van der Waals surface area contributed by atoms with Crippen LogP contribution in [0.5, 0.6) is 0 Å². The molecule has 1 aromatic heterocycles. The lowest BCUT2D eigenvalue weighted by atomic mass is 10.0. The van der Waals surface area contributed by atoms with Crippen LogP contribution in [-0.4, -0.2) is 17.0 Å². The van der Waals surface area contributed by atoms with E-state index in [0.717, 1.165) is 0 Å². The van der Waals surface area contributed by atoms with Crippen LogP contribution in [0.3, 0.4) is 0 Å². The Kier molecular flexibility index (Phi) is 3.25. The van der Waals surface area contributed by atoms with Crippen molar-refractivity contribution in [2.75, 3.05) is 0 Å². The highest BCUT2D eigenvalue weighted by molar-refractivity contribution is 5.93. The molecule has 72 valence electrons. The third kappa shape index (κ3) is 2.70. The van der Waals surface area contributed by atoms with Crippen LogP contribution in [0.25, 0.3) is 0 Å². The Morgan fingerprint density at radius 2 is 2.31 bits per heavy atom. The zero-order valence-electron chi connectivity index (χ0n) is 7.86. The van der Waals surface area contributed by atoms with Gasteiger partial charge in [-0.3, -0.25) is 4.79 Å². The Balaban J connectivity index is 2.52. The Hall–Kier alpha value is -1.09. The first-order valence-electron chi connectivity index (χ1n) is 4.36. The second kappa shape index (κ2) is 4.23. The molecule has 1 aromatic rings. The summed E-state index contributed by atoms with van der Waals surface area (Å²) in [6.07, 6.45) is 0.998. The maximum absolute atomic E-state index is 11.4. The lowest BCUT2D eigenvalue weighted by Crippen LogP contribution is -2.19. The minimum atomic E-state index is -0.586. The maximum atomic E-state index is 11.4. The number of furan rings is 1. The molecule has 1 atom stereocenters. The molecule has 0 amide bonds. The van der Waals surface area contributed by atoms with Crippen LogP contribution in [0, 0.1) is 5.92 Å². The van der Waals surface area contributed by atoms with Crippen LogP contribution in [0.2, 0.25) is 0 Å². The van der Waals surface area contributed by atoms with Crippen LogP contribution < -0.4 is 0 Å². The average Bonchev–Trinajstić information content (AvgIpc) is 2.55. The Morgan fingerprint density at radius 3 is 2.77 bits per heavy atom. The van der Waals surface area contributed by atoms with Crippen molar-refractivity contribution in [3.63, 3.8) is 0 Å². The number of rotatable bonds is 4. The van der Waals surface area contributed by atoms with E-state index in [1.165, 1.54) is 6.26 Å². The SMILES string of the molecule is CC(C)C(O)CC(=O)c1ccco1. The van der Waals surface area contributed by atoms with Crippen LogP contribution in [0.15, 0.2) is 22.8 Å². The van der Waals surface area contributed by atoms with Crippen molar-refractivity contribution in [3.8, 4) is 0 Å². The molecule has 1 N–H and O–H groups in total. The van der Waals surface area contributed by atoms with Crippen molar-refractivity contribution in [2.45, 2.75) is 26.4 Å². The monoisotopic (exact) mass is 182 g/mol. The van der Waals surface area contributed by atoms with Crippen LogP contribution in [-0.2, 0) is 0 Å². The molecule has 0 saturated heterocycles. The first kappa shape index (κ1) is 9.99. The Labute approximate surface area is 77.4 Å². The molecule has 1 unspecified atom stereocenters. The van der Waals surface area contributed by atoms with E-state index in [-0.39, 0.29) is 18.1 Å². The van der Waals surface area contributed by atoms with E-state index in [0.29, 0.717) is 5.76 Å². The van der Waals surface area contributed by atoms with Crippen molar-refractivity contribution in [1.29, 1.82) is 0 Å². The fourth-order valence-corrected chi connectivity index (χ4v) is 0.963. The summed E-state index contributed by atoms with van der Waals surface area (Å²) >= 11 is 0. The van der Waals surface area contributed by atoms with Gasteiger partial charge in [0, 0.05) is 6.42 Å². The highest BCUT2D eigenvalue weighted by atomic mass is 16.3. The number of ketones is 1. The van der Waals surface area contributed by atoms with Gasteiger partial charge in [0.05, 0.1) is 12.4 Å². The van der Waals surface area contributed by atoms with E-state index in [9.17, 15) is 9.90 Å². The molecule has 0 spiro atoms. The predicted molar refractivity (Wildman–Crippen MR) is 48.5 cm³/mol. The number of Topliss-reactive ketones (excluding diaryl/α,β-unsaturated/α-hetero) is 1. The minimum absolute atomic E-state index is 0.0962. The van der Waals surface area contributed by atoms with Gasteiger partial charge in [0.2, 0.25) is 5.78 Å². The molecule has 1 rings (SSSR count). The second-order valence-electron chi connectivity index (χ2n) is 3.42. The summed E-state index contributed by atoms with van der Waals surface area (Å²) in [5.41, 5.74) is 0. The van der Waals surface area contributed by atoms with Gasteiger partial charge in [-0.1, -0.05) is 13.8 Å². The van der Waals surface area contributed by atoms with Crippen LogP contribution in [0.4, 0.5) is 0 Å². The first-order chi connectivity index (χ1) is 6.11. The number of carbonyl (C=O) groups excluding carboxylic acids is 1.